The van der Waals surface area contributed by atoms with Gasteiger partial charge in [-0.3, -0.25) is 0 Å². The van der Waals surface area contributed by atoms with Crippen molar-refractivity contribution in [1.29, 1.82) is 0 Å². The van der Waals surface area contributed by atoms with Gasteiger partial charge in [0, 0.05) is 13.2 Å². The number of hydrogen-bond donors (Lipinski definition) is 2. The summed E-state index contributed by atoms with van der Waals surface area (Å²) in [5.74, 6) is 0. The highest BCUT2D eigenvalue weighted by atomic mass is 16.5. The van der Waals surface area contributed by atoms with Gasteiger partial charge in [0.2, 0.25) is 0 Å². The number of hydrogen-bond acceptors (Lipinski definition) is 3. The Balaban J connectivity index is 2.08. The predicted octanol–water partition coefficient (Wildman–Crippen LogP) is 0.534. The van der Waals surface area contributed by atoms with Crippen molar-refractivity contribution in [3.8, 4) is 0 Å². The van der Waals surface area contributed by atoms with E-state index in [2.05, 4.69) is 5.48 Å². The molecule has 1 atom stereocenters. The fourth-order valence-corrected chi connectivity index (χ4v) is 1.07. The molecule has 1 rings (SSSR count). The fraction of sp³-hybridized carbons (Fsp3) is 1.00. The van der Waals surface area contributed by atoms with Crippen LogP contribution >= 0.6 is 0 Å². The highest BCUT2D eigenvalue weighted by molar-refractivity contribution is 4.63. The minimum Gasteiger partial charge on any atom is -0.377 e. The SMILES string of the molecule is ONCC1CCCCO1. The summed E-state index contributed by atoms with van der Waals surface area (Å²) in [5, 5.41) is 8.29. The van der Waals surface area contributed by atoms with E-state index in [-0.39, 0.29) is 6.10 Å². The lowest BCUT2D eigenvalue weighted by Gasteiger charge is -2.21. The maximum Gasteiger partial charge on any atom is 0.0722 e. The first kappa shape index (κ1) is 6.99. The Labute approximate surface area is 55.0 Å². The minimum absolute atomic E-state index is 0.240. The van der Waals surface area contributed by atoms with Crippen molar-refractivity contribution in [2.45, 2.75) is 25.4 Å². The van der Waals surface area contributed by atoms with E-state index in [1.54, 1.807) is 0 Å². The van der Waals surface area contributed by atoms with Gasteiger partial charge < -0.3 is 9.94 Å². The van der Waals surface area contributed by atoms with E-state index in [0.717, 1.165) is 13.0 Å². The van der Waals surface area contributed by atoms with Gasteiger partial charge in [-0.1, -0.05) is 0 Å². The number of nitrogens with one attached hydrogen (secondary N) is 1. The average molecular weight is 131 g/mol. The number of ether oxygens (including phenoxy) is 1. The lowest BCUT2D eigenvalue weighted by molar-refractivity contribution is -0.00535. The number of rotatable bonds is 2. The maximum atomic E-state index is 8.29. The van der Waals surface area contributed by atoms with Gasteiger partial charge in [0.05, 0.1) is 6.10 Å². The molecule has 0 bridgehead atoms. The first-order valence-corrected chi connectivity index (χ1v) is 3.42. The van der Waals surface area contributed by atoms with E-state index in [1.165, 1.54) is 12.8 Å². The smallest absolute Gasteiger partial charge is 0.0722 e. The summed E-state index contributed by atoms with van der Waals surface area (Å²) >= 11 is 0. The molecule has 3 nitrogen and oxygen atoms in total. The van der Waals surface area contributed by atoms with Crippen molar-refractivity contribution in [1.82, 2.24) is 5.48 Å². The molecule has 0 spiro atoms. The topological polar surface area (TPSA) is 41.5 Å². The standard InChI is InChI=1S/C6H13NO2/c8-7-5-6-3-1-2-4-9-6/h6-8H,1-5H2. The zero-order valence-corrected chi connectivity index (χ0v) is 5.47. The molecule has 0 saturated carbocycles. The molecule has 0 aromatic carbocycles. The second-order valence-corrected chi connectivity index (χ2v) is 2.35. The largest absolute Gasteiger partial charge is 0.377 e. The minimum atomic E-state index is 0.240. The summed E-state index contributed by atoms with van der Waals surface area (Å²) in [6.45, 7) is 1.42. The van der Waals surface area contributed by atoms with Crippen molar-refractivity contribution in [3.05, 3.63) is 0 Å². The van der Waals surface area contributed by atoms with Crippen LogP contribution in [0.1, 0.15) is 19.3 Å². The molecule has 0 aliphatic carbocycles. The lowest BCUT2D eigenvalue weighted by Crippen LogP contribution is -2.29. The third-order valence-electron chi connectivity index (χ3n) is 1.59. The Kier molecular flexibility index (Phi) is 2.97. The van der Waals surface area contributed by atoms with Crippen LogP contribution in [-0.2, 0) is 4.74 Å². The van der Waals surface area contributed by atoms with Crippen LogP contribution in [-0.4, -0.2) is 24.5 Å². The highest BCUT2D eigenvalue weighted by Crippen LogP contribution is 2.10. The molecule has 1 aliphatic heterocycles. The molecular formula is C6H13NO2. The molecule has 1 saturated heterocycles. The summed E-state index contributed by atoms with van der Waals surface area (Å²) in [6, 6.07) is 0. The molecule has 1 aliphatic rings. The van der Waals surface area contributed by atoms with E-state index in [1.807, 2.05) is 0 Å². The van der Waals surface area contributed by atoms with Crippen molar-refractivity contribution in [2.75, 3.05) is 13.2 Å². The first-order valence-electron chi connectivity index (χ1n) is 3.42. The van der Waals surface area contributed by atoms with Gasteiger partial charge in [0.25, 0.3) is 0 Å². The van der Waals surface area contributed by atoms with Gasteiger partial charge in [-0.25, -0.2) is 5.48 Å². The van der Waals surface area contributed by atoms with Gasteiger partial charge in [0.15, 0.2) is 0 Å². The summed E-state index contributed by atoms with van der Waals surface area (Å²) < 4.78 is 5.30. The van der Waals surface area contributed by atoms with Crippen LogP contribution < -0.4 is 5.48 Å². The summed E-state index contributed by atoms with van der Waals surface area (Å²) in [7, 11) is 0. The Morgan fingerprint density at radius 3 is 3.00 bits per heavy atom. The monoisotopic (exact) mass is 131 g/mol. The van der Waals surface area contributed by atoms with Crippen LogP contribution in [0.3, 0.4) is 0 Å². The second kappa shape index (κ2) is 3.82. The molecule has 3 heteroatoms. The predicted molar refractivity (Wildman–Crippen MR) is 33.4 cm³/mol. The van der Waals surface area contributed by atoms with E-state index < -0.39 is 0 Å². The van der Waals surface area contributed by atoms with Crippen LogP contribution in [0.4, 0.5) is 0 Å². The molecule has 0 radical (unpaired) electrons. The van der Waals surface area contributed by atoms with Crippen LogP contribution in [0.2, 0.25) is 0 Å². The lowest BCUT2D eigenvalue weighted by atomic mass is 10.1. The summed E-state index contributed by atoms with van der Waals surface area (Å²) in [4.78, 5) is 0. The maximum absolute atomic E-state index is 8.29. The molecule has 2 N–H and O–H groups in total. The van der Waals surface area contributed by atoms with Gasteiger partial charge in [0.1, 0.15) is 0 Å². The van der Waals surface area contributed by atoms with Crippen molar-refractivity contribution in [3.63, 3.8) is 0 Å². The Morgan fingerprint density at radius 2 is 2.44 bits per heavy atom. The molecule has 0 aromatic rings. The zero-order valence-electron chi connectivity index (χ0n) is 5.47. The third-order valence-corrected chi connectivity index (χ3v) is 1.59. The van der Waals surface area contributed by atoms with Crippen molar-refractivity contribution >= 4 is 0 Å². The van der Waals surface area contributed by atoms with Crippen LogP contribution in [0.25, 0.3) is 0 Å². The molecule has 54 valence electrons. The van der Waals surface area contributed by atoms with Crippen molar-refractivity contribution in [2.24, 2.45) is 0 Å². The van der Waals surface area contributed by atoms with Gasteiger partial charge in [-0.05, 0) is 19.3 Å². The Hall–Kier alpha value is -0.120. The molecule has 0 aromatic heterocycles. The third kappa shape index (κ3) is 2.30. The fourth-order valence-electron chi connectivity index (χ4n) is 1.07. The van der Waals surface area contributed by atoms with Crippen LogP contribution in [0.5, 0.6) is 0 Å². The quantitative estimate of drug-likeness (QED) is 0.537. The molecule has 1 fully saturated rings. The molecule has 1 heterocycles. The van der Waals surface area contributed by atoms with Crippen LogP contribution in [0.15, 0.2) is 0 Å². The number of hydroxylamine groups is 1. The normalized spacial score (nSPS) is 28.3. The van der Waals surface area contributed by atoms with E-state index >= 15 is 0 Å². The Bertz CT molecular complexity index is 68.7. The van der Waals surface area contributed by atoms with E-state index in [4.69, 9.17) is 9.94 Å². The Morgan fingerprint density at radius 1 is 1.56 bits per heavy atom. The van der Waals surface area contributed by atoms with Gasteiger partial charge >= 0.3 is 0 Å². The molecule has 9 heavy (non-hydrogen) atoms. The first-order chi connectivity index (χ1) is 4.43. The van der Waals surface area contributed by atoms with Gasteiger partial charge in [-0.15, -0.1) is 0 Å². The molecule has 0 amide bonds. The second-order valence-electron chi connectivity index (χ2n) is 2.35. The zero-order chi connectivity index (χ0) is 6.53. The van der Waals surface area contributed by atoms with Crippen molar-refractivity contribution < 1.29 is 9.94 Å². The average Bonchev–Trinajstić information content (AvgIpc) is 1.91. The van der Waals surface area contributed by atoms with E-state index in [0.29, 0.717) is 6.54 Å². The summed E-state index contributed by atoms with van der Waals surface area (Å²) in [6.07, 6.45) is 3.71. The summed E-state index contributed by atoms with van der Waals surface area (Å²) in [5.41, 5.74) is 2.11. The van der Waals surface area contributed by atoms with Gasteiger partial charge in [-0.2, -0.15) is 0 Å². The van der Waals surface area contributed by atoms with Crippen LogP contribution in [0, 0.1) is 0 Å². The highest BCUT2D eigenvalue weighted by Gasteiger charge is 2.11. The molecular weight excluding hydrogens is 118 g/mol. The molecule has 1 unspecified atom stereocenters. The van der Waals surface area contributed by atoms with E-state index in [9.17, 15) is 0 Å².